The molecule has 12 heavy (non-hydrogen) atoms. The molecule has 0 radical (unpaired) electrons. The predicted octanol–water partition coefficient (Wildman–Crippen LogP) is 2.76. The highest BCUT2D eigenvalue weighted by Crippen LogP contribution is 2.26. The van der Waals surface area contributed by atoms with Crippen molar-refractivity contribution in [3.63, 3.8) is 0 Å². The van der Waals surface area contributed by atoms with Crippen LogP contribution in [0.4, 0.5) is 0 Å². The number of hydrogen-bond acceptors (Lipinski definition) is 1. The molecule has 1 nitrogen and oxygen atoms in total. The van der Waals surface area contributed by atoms with E-state index in [1.165, 1.54) is 38.9 Å². The zero-order chi connectivity index (χ0) is 8.97. The first-order valence-electron chi connectivity index (χ1n) is 5.50. The van der Waals surface area contributed by atoms with Gasteiger partial charge in [0.05, 0.1) is 0 Å². The summed E-state index contributed by atoms with van der Waals surface area (Å²) in [5.41, 5.74) is 0. The second kappa shape index (κ2) is 4.86. The normalized spacial score (nSPS) is 32.2. The van der Waals surface area contributed by atoms with Crippen LogP contribution in [0.15, 0.2) is 0 Å². The molecule has 0 saturated carbocycles. The molecule has 0 spiro atoms. The predicted molar refractivity (Wildman–Crippen MR) is 54.3 cm³/mol. The van der Waals surface area contributed by atoms with E-state index in [-0.39, 0.29) is 0 Å². The Balaban J connectivity index is 2.31. The van der Waals surface area contributed by atoms with Crippen LogP contribution in [-0.4, -0.2) is 24.5 Å². The molecular formula is C11H23N. The first kappa shape index (κ1) is 10.0. The Morgan fingerprint density at radius 3 is 2.58 bits per heavy atom. The lowest BCUT2D eigenvalue weighted by molar-refractivity contribution is 0.129. The highest BCUT2D eigenvalue weighted by atomic mass is 15.1. The van der Waals surface area contributed by atoms with Gasteiger partial charge in [0.15, 0.2) is 0 Å². The monoisotopic (exact) mass is 169 g/mol. The maximum Gasteiger partial charge on any atom is 0.000956 e. The van der Waals surface area contributed by atoms with E-state index < -0.39 is 0 Å². The standard InChI is InChI=1S/C11H23N/c1-4-6-11-7-8-12(5-2)9-10(11)3/h10-11H,4-9H2,1-3H3. The van der Waals surface area contributed by atoms with Crippen LogP contribution >= 0.6 is 0 Å². The van der Waals surface area contributed by atoms with Crippen molar-refractivity contribution >= 4 is 0 Å². The van der Waals surface area contributed by atoms with Crippen LogP contribution in [0.5, 0.6) is 0 Å². The van der Waals surface area contributed by atoms with Gasteiger partial charge in [0.1, 0.15) is 0 Å². The molecule has 1 heterocycles. The minimum absolute atomic E-state index is 0.929. The average Bonchev–Trinajstić information content (AvgIpc) is 2.09. The van der Waals surface area contributed by atoms with E-state index in [2.05, 4.69) is 25.7 Å². The summed E-state index contributed by atoms with van der Waals surface area (Å²) >= 11 is 0. The molecule has 1 aliphatic rings. The van der Waals surface area contributed by atoms with Crippen molar-refractivity contribution in [2.24, 2.45) is 11.8 Å². The lowest BCUT2D eigenvalue weighted by Gasteiger charge is -2.36. The van der Waals surface area contributed by atoms with Gasteiger partial charge in [-0.2, -0.15) is 0 Å². The first-order chi connectivity index (χ1) is 5.77. The van der Waals surface area contributed by atoms with E-state index in [1.54, 1.807) is 0 Å². The number of nitrogens with zero attached hydrogens (tertiary/aromatic N) is 1. The minimum atomic E-state index is 0.929. The quantitative estimate of drug-likeness (QED) is 0.628. The van der Waals surface area contributed by atoms with Crippen LogP contribution in [0, 0.1) is 11.8 Å². The summed E-state index contributed by atoms with van der Waals surface area (Å²) in [5, 5.41) is 0. The maximum absolute atomic E-state index is 2.58. The van der Waals surface area contributed by atoms with Gasteiger partial charge in [-0.1, -0.05) is 33.6 Å². The Kier molecular flexibility index (Phi) is 4.07. The van der Waals surface area contributed by atoms with E-state index in [1.807, 2.05) is 0 Å². The zero-order valence-electron chi connectivity index (χ0n) is 8.84. The van der Waals surface area contributed by atoms with Crippen molar-refractivity contribution in [2.75, 3.05) is 19.6 Å². The molecule has 0 bridgehead atoms. The number of likely N-dealkylation sites (tertiary alicyclic amines) is 1. The summed E-state index contributed by atoms with van der Waals surface area (Å²) in [4.78, 5) is 2.58. The molecule has 0 aromatic heterocycles. The fraction of sp³-hybridized carbons (Fsp3) is 1.00. The van der Waals surface area contributed by atoms with Gasteiger partial charge in [-0.15, -0.1) is 0 Å². The molecule has 1 aliphatic heterocycles. The van der Waals surface area contributed by atoms with Crippen molar-refractivity contribution in [3.8, 4) is 0 Å². The summed E-state index contributed by atoms with van der Waals surface area (Å²) in [6.07, 6.45) is 4.24. The van der Waals surface area contributed by atoms with Crippen molar-refractivity contribution in [2.45, 2.75) is 40.0 Å². The third kappa shape index (κ3) is 2.48. The summed E-state index contributed by atoms with van der Waals surface area (Å²) < 4.78 is 0. The Morgan fingerprint density at radius 1 is 1.33 bits per heavy atom. The van der Waals surface area contributed by atoms with Gasteiger partial charge in [0, 0.05) is 6.54 Å². The van der Waals surface area contributed by atoms with Crippen LogP contribution < -0.4 is 0 Å². The summed E-state index contributed by atoms with van der Waals surface area (Å²) in [5.74, 6) is 1.94. The summed E-state index contributed by atoms with van der Waals surface area (Å²) in [6, 6.07) is 0. The Hall–Kier alpha value is -0.0400. The SMILES string of the molecule is CCCC1CCN(CC)CC1C. The Labute approximate surface area is 77.1 Å². The van der Waals surface area contributed by atoms with E-state index in [0.29, 0.717) is 0 Å². The van der Waals surface area contributed by atoms with Crippen LogP contribution in [0.3, 0.4) is 0 Å². The van der Waals surface area contributed by atoms with E-state index in [0.717, 1.165) is 11.8 Å². The van der Waals surface area contributed by atoms with Crippen LogP contribution in [0.25, 0.3) is 0 Å². The molecule has 2 atom stereocenters. The van der Waals surface area contributed by atoms with Gasteiger partial charge in [-0.05, 0) is 31.3 Å². The lowest BCUT2D eigenvalue weighted by atomic mass is 9.84. The van der Waals surface area contributed by atoms with E-state index in [9.17, 15) is 0 Å². The number of piperidine rings is 1. The fourth-order valence-electron chi connectivity index (χ4n) is 2.37. The van der Waals surface area contributed by atoms with Crippen LogP contribution in [-0.2, 0) is 0 Å². The van der Waals surface area contributed by atoms with Crippen molar-refractivity contribution < 1.29 is 0 Å². The molecule has 1 saturated heterocycles. The van der Waals surface area contributed by atoms with Gasteiger partial charge in [0.25, 0.3) is 0 Å². The zero-order valence-corrected chi connectivity index (χ0v) is 8.84. The van der Waals surface area contributed by atoms with Crippen molar-refractivity contribution in [1.82, 2.24) is 4.90 Å². The van der Waals surface area contributed by atoms with Crippen LogP contribution in [0.2, 0.25) is 0 Å². The molecule has 0 aliphatic carbocycles. The summed E-state index contributed by atoms with van der Waals surface area (Å²) in [7, 11) is 0. The molecule has 72 valence electrons. The molecule has 1 fully saturated rings. The first-order valence-corrected chi connectivity index (χ1v) is 5.50. The third-order valence-corrected chi connectivity index (χ3v) is 3.27. The Morgan fingerprint density at radius 2 is 2.08 bits per heavy atom. The molecule has 0 amide bonds. The second-order valence-electron chi connectivity index (χ2n) is 4.21. The smallest absolute Gasteiger partial charge is 0.000956 e. The minimum Gasteiger partial charge on any atom is -0.303 e. The molecule has 2 unspecified atom stereocenters. The molecule has 1 heteroatoms. The van der Waals surface area contributed by atoms with E-state index in [4.69, 9.17) is 0 Å². The molecule has 1 rings (SSSR count). The third-order valence-electron chi connectivity index (χ3n) is 3.27. The topological polar surface area (TPSA) is 3.24 Å². The average molecular weight is 169 g/mol. The highest BCUT2D eigenvalue weighted by molar-refractivity contribution is 4.76. The van der Waals surface area contributed by atoms with Gasteiger partial charge < -0.3 is 4.90 Å². The van der Waals surface area contributed by atoms with Gasteiger partial charge in [0.2, 0.25) is 0 Å². The molecule has 0 aromatic carbocycles. The summed E-state index contributed by atoms with van der Waals surface area (Å²) in [6.45, 7) is 10.9. The van der Waals surface area contributed by atoms with Gasteiger partial charge >= 0.3 is 0 Å². The molecule has 0 aromatic rings. The largest absolute Gasteiger partial charge is 0.303 e. The fourth-order valence-corrected chi connectivity index (χ4v) is 2.37. The van der Waals surface area contributed by atoms with Crippen molar-refractivity contribution in [1.29, 1.82) is 0 Å². The van der Waals surface area contributed by atoms with Crippen LogP contribution in [0.1, 0.15) is 40.0 Å². The number of hydrogen-bond donors (Lipinski definition) is 0. The molecule has 0 N–H and O–H groups in total. The number of rotatable bonds is 3. The van der Waals surface area contributed by atoms with Gasteiger partial charge in [-0.25, -0.2) is 0 Å². The Bertz CT molecular complexity index is 122. The highest BCUT2D eigenvalue weighted by Gasteiger charge is 2.23. The van der Waals surface area contributed by atoms with Gasteiger partial charge in [-0.3, -0.25) is 0 Å². The second-order valence-corrected chi connectivity index (χ2v) is 4.21. The molecular weight excluding hydrogens is 146 g/mol. The maximum atomic E-state index is 2.58. The van der Waals surface area contributed by atoms with E-state index >= 15 is 0 Å². The van der Waals surface area contributed by atoms with Crippen molar-refractivity contribution in [3.05, 3.63) is 0 Å². The lowest BCUT2D eigenvalue weighted by Crippen LogP contribution is -2.38.